The highest BCUT2D eigenvalue weighted by Gasteiger charge is 2.15. The lowest BCUT2D eigenvalue weighted by Crippen LogP contribution is -2.14. The lowest BCUT2D eigenvalue weighted by Gasteiger charge is -2.10. The third kappa shape index (κ3) is 3.83. The Morgan fingerprint density at radius 3 is 2.81 bits per heavy atom. The van der Waals surface area contributed by atoms with Crippen LogP contribution in [0.5, 0.6) is 11.5 Å². The van der Waals surface area contributed by atoms with Crippen molar-refractivity contribution in [3.05, 3.63) is 48.3 Å². The van der Waals surface area contributed by atoms with E-state index in [0.717, 1.165) is 21.8 Å². The molecule has 138 valence electrons. The average Bonchev–Trinajstić information content (AvgIpc) is 3.13. The first kappa shape index (κ1) is 17.6. The zero-order valence-electron chi connectivity index (χ0n) is 15.1. The minimum absolute atomic E-state index is 0.104. The van der Waals surface area contributed by atoms with Crippen LogP contribution in [-0.2, 0) is 4.79 Å². The Bertz CT molecular complexity index is 1010. The van der Waals surface area contributed by atoms with E-state index < -0.39 is 0 Å². The van der Waals surface area contributed by atoms with Gasteiger partial charge in [0.25, 0.3) is 0 Å². The molecule has 0 aliphatic carbocycles. The van der Waals surface area contributed by atoms with Crippen molar-refractivity contribution in [2.24, 2.45) is 0 Å². The Morgan fingerprint density at radius 1 is 1.15 bits per heavy atom. The summed E-state index contributed by atoms with van der Waals surface area (Å²) in [7, 11) is 0. The molecule has 0 unspecified atom stereocenters. The fraction of sp³-hybridized carbons (Fsp3) is 0.250. The summed E-state index contributed by atoms with van der Waals surface area (Å²) in [6.45, 7) is 4.33. The van der Waals surface area contributed by atoms with Gasteiger partial charge in [-0.3, -0.25) is 4.79 Å². The van der Waals surface area contributed by atoms with Gasteiger partial charge in [-0.15, -0.1) is 0 Å². The van der Waals surface area contributed by atoms with E-state index in [1.807, 2.05) is 24.3 Å². The van der Waals surface area contributed by atoms with Gasteiger partial charge in [-0.05, 0) is 18.2 Å². The van der Waals surface area contributed by atoms with Gasteiger partial charge < -0.3 is 14.8 Å². The molecule has 0 atom stereocenters. The standard InChI is InChI=1S/C20H19N3O3S/c1-12(2)19-22-15-6-4-3-5-14(15)20(23-19)27-10-18(24)21-13-7-8-16-17(9-13)26-11-25-16/h3-9,12H,10-11H2,1-2H3,(H,21,24). The summed E-state index contributed by atoms with van der Waals surface area (Å²) in [5, 5.41) is 4.67. The number of carbonyl (C=O) groups excluding carboxylic acids is 1. The minimum atomic E-state index is -0.104. The molecule has 0 bridgehead atoms. The van der Waals surface area contributed by atoms with Gasteiger partial charge in [-0.2, -0.15) is 0 Å². The van der Waals surface area contributed by atoms with E-state index >= 15 is 0 Å². The SMILES string of the molecule is CC(C)c1nc(SCC(=O)Nc2ccc3c(c2)OCO3)c2ccccc2n1. The monoisotopic (exact) mass is 381 g/mol. The van der Waals surface area contributed by atoms with Crippen LogP contribution in [0.15, 0.2) is 47.5 Å². The van der Waals surface area contributed by atoms with Gasteiger partial charge in [0.2, 0.25) is 12.7 Å². The summed E-state index contributed by atoms with van der Waals surface area (Å²) < 4.78 is 10.6. The molecule has 0 spiro atoms. The quantitative estimate of drug-likeness (QED) is 0.527. The molecule has 0 radical (unpaired) electrons. The maximum atomic E-state index is 12.4. The average molecular weight is 381 g/mol. The molecule has 1 aliphatic heterocycles. The van der Waals surface area contributed by atoms with Gasteiger partial charge in [0.1, 0.15) is 10.9 Å². The molecule has 1 amide bonds. The summed E-state index contributed by atoms with van der Waals surface area (Å²) >= 11 is 1.42. The number of thioether (sulfide) groups is 1. The fourth-order valence-electron chi connectivity index (χ4n) is 2.74. The molecule has 4 rings (SSSR count). The number of anilines is 1. The number of nitrogens with zero attached hydrogens (tertiary/aromatic N) is 2. The largest absolute Gasteiger partial charge is 0.454 e. The van der Waals surface area contributed by atoms with Crippen molar-refractivity contribution in [3.8, 4) is 11.5 Å². The molecule has 3 aromatic rings. The van der Waals surface area contributed by atoms with Crippen LogP contribution in [-0.4, -0.2) is 28.4 Å². The zero-order valence-corrected chi connectivity index (χ0v) is 15.9. The van der Waals surface area contributed by atoms with Gasteiger partial charge in [-0.1, -0.05) is 43.8 Å². The van der Waals surface area contributed by atoms with Crippen LogP contribution >= 0.6 is 11.8 Å². The predicted molar refractivity (Wildman–Crippen MR) is 106 cm³/mol. The normalized spacial score (nSPS) is 12.6. The number of aromatic nitrogens is 2. The first-order valence-corrected chi connectivity index (χ1v) is 9.67. The topological polar surface area (TPSA) is 73.3 Å². The number of benzene rings is 2. The van der Waals surface area contributed by atoms with Gasteiger partial charge in [-0.25, -0.2) is 9.97 Å². The van der Waals surface area contributed by atoms with Crippen LogP contribution < -0.4 is 14.8 Å². The number of hydrogen-bond donors (Lipinski definition) is 1. The Labute approximate surface area is 161 Å². The van der Waals surface area contributed by atoms with Gasteiger partial charge in [0.05, 0.1) is 11.3 Å². The molecule has 2 heterocycles. The zero-order chi connectivity index (χ0) is 18.8. The van der Waals surface area contributed by atoms with E-state index in [9.17, 15) is 4.79 Å². The molecule has 2 aromatic carbocycles. The molecule has 7 heteroatoms. The number of rotatable bonds is 5. The van der Waals surface area contributed by atoms with Crippen molar-refractivity contribution < 1.29 is 14.3 Å². The number of amides is 1. The summed E-state index contributed by atoms with van der Waals surface area (Å²) in [6, 6.07) is 13.2. The molecular formula is C20H19N3O3S. The number of fused-ring (bicyclic) bond motifs is 2. The van der Waals surface area contributed by atoms with E-state index in [-0.39, 0.29) is 24.4 Å². The lowest BCUT2D eigenvalue weighted by atomic mass is 10.2. The number of para-hydroxylation sites is 1. The van der Waals surface area contributed by atoms with Crippen LogP contribution in [0, 0.1) is 0 Å². The maximum absolute atomic E-state index is 12.4. The second kappa shape index (κ2) is 7.44. The molecule has 1 aliphatic rings. The number of hydrogen-bond acceptors (Lipinski definition) is 6. The first-order chi connectivity index (χ1) is 13.1. The molecule has 1 aromatic heterocycles. The van der Waals surface area contributed by atoms with E-state index in [0.29, 0.717) is 17.2 Å². The maximum Gasteiger partial charge on any atom is 0.234 e. The molecule has 6 nitrogen and oxygen atoms in total. The molecule has 0 saturated carbocycles. The van der Waals surface area contributed by atoms with Crippen LogP contribution in [0.3, 0.4) is 0 Å². The smallest absolute Gasteiger partial charge is 0.234 e. The summed E-state index contributed by atoms with van der Waals surface area (Å²) in [5.74, 6) is 2.49. The number of nitrogens with one attached hydrogen (secondary N) is 1. The van der Waals surface area contributed by atoms with Crippen molar-refractivity contribution in [2.75, 3.05) is 17.9 Å². The van der Waals surface area contributed by atoms with Crippen molar-refractivity contribution in [3.63, 3.8) is 0 Å². The number of carbonyl (C=O) groups is 1. The Kier molecular flexibility index (Phi) is 4.85. The molecular weight excluding hydrogens is 362 g/mol. The summed E-state index contributed by atoms with van der Waals surface area (Å²) in [6.07, 6.45) is 0. The fourth-order valence-corrected chi connectivity index (χ4v) is 3.56. The molecule has 27 heavy (non-hydrogen) atoms. The summed E-state index contributed by atoms with van der Waals surface area (Å²) in [4.78, 5) is 21.7. The highest BCUT2D eigenvalue weighted by atomic mass is 32.2. The Morgan fingerprint density at radius 2 is 1.96 bits per heavy atom. The molecule has 0 saturated heterocycles. The van der Waals surface area contributed by atoms with Crippen molar-refractivity contribution in [1.29, 1.82) is 0 Å². The van der Waals surface area contributed by atoms with E-state index in [2.05, 4.69) is 29.1 Å². The van der Waals surface area contributed by atoms with Crippen molar-refractivity contribution in [2.45, 2.75) is 24.8 Å². The third-order valence-electron chi connectivity index (χ3n) is 4.10. The van der Waals surface area contributed by atoms with Crippen molar-refractivity contribution in [1.82, 2.24) is 9.97 Å². The molecule has 1 N–H and O–H groups in total. The number of ether oxygens (including phenoxy) is 2. The van der Waals surface area contributed by atoms with E-state index in [1.54, 1.807) is 18.2 Å². The van der Waals surface area contributed by atoms with Crippen molar-refractivity contribution >= 4 is 34.3 Å². The van der Waals surface area contributed by atoms with Gasteiger partial charge >= 0.3 is 0 Å². The van der Waals surface area contributed by atoms with Crippen LogP contribution in [0.25, 0.3) is 10.9 Å². The van der Waals surface area contributed by atoms with Gasteiger partial charge in [0, 0.05) is 23.1 Å². The Balaban J connectivity index is 1.48. The second-order valence-corrected chi connectivity index (χ2v) is 7.43. The predicted octanol–water partition coefficient (Wildman–Crippen LogP) is 4.21. The van der Waals surface area contributed by atoms with Gasteiger partial charge in [0.15, 0.2) is 11.5 Å². The van der Waals surface area contributed by atoms with Crippen LogP contribution in [0.1, 0.15) is 25.6 Å². The first-order valence-electron chi connectivity index (χ1n) is 8.69. The molecule has 0 fully saturated rings. The summed E-state index contributed by atoms with van der Waals surface area (Å²) in [5.41, 5.74) is 1.58. The van der Waals surface area contributed by atoms with E-state index in [4.69, 9.17) is 9.47 Å². The minimum Gasteiger partial charge on any atom is -0.454 e. The Hall–Kier alpha value is -2.80. The van der Waals surface area contributed by atoms with E-state index in [1.165, 1.54) is 11.8 Å². The second-order valence-electron chi connectivity index (χ2n) is 6.46. The van der Waals surface area contributed by atoms with Crippen LogP contribution in [0.4, 0.5) is 5.69 Å². The highest BCUT2D eigenvalue weighted by Crippen LogP contribution is 2.34. The lowest BCUT2D eigenvalue weighted by molar-refractivity contribution is -0.113. The highest BCUT2D eigenvalue weighted by molar-refractivity contribution is 8.00. The third-order valence-corrected chi connectivity index (χ3v) is 5.09. The van der Waals surface area contributed by atoms with Crippen LogP contribution in [0.2, 0.25) is 0 Å².